The number of rotatable bonds is 6. The maximum absolute atomic E-state index is 6.25. The highest BCUT2D eigenvalue weighted by atomic mass is 35.5. The Morgan fingerprint density at radius 1 is 0.929 bits per heavy atom. The molecule has 2 N–H and O–H groups in total. The van der Waals surface area contributed by atoms with Crippen molar-refractivity contribution in [3.8, 4) is 11.3 Å². The molecule has 0 amide bonds. The number of halogens is 1. The molecule has 0 aliphatic carbocycles. The molecule has 0 unspecified atom stereocenters. The molecule has 2 heterocycles. The summed E-state index contributed by atoms with van der Waals surface area (Å²) in [4.78, 5) is 9.20. The molecule has 4 aromatic rings. The van der Waals surface area contributed by atoms with Crippen molar-refractivity contribution in [3.63, 3.8) is 0 Å². The second-order valence-corrected chi connectivity index (χ2v) is 6.63. The predicted octanol–water partition coefficient (Wildman–Crippen LogP) is 5.45. The van der Waals surface area contributed by atoms with Gasteiger partial charge in [0.1, 0.15) is 11.6 Å². The number of nitrogens with zero attached hydrogens (tertiary/aromatic N) is 3. The topological polar surface area (TPSA) is 75.9 Å². The first-order chi connectivity index (χ1) is 13.7. The quantitative estimate of drug-likeness (QED) is 0.455. The number of anilines is 3. The summed E-state index contributed by atoms with van der Waals surface area (Å²) in [5.41, 5.74) is 2.75. The molecule has 140 valence electrons. The molecule has 0 saturated carbocycles. The van der Waals surface area contributed by atoms with Gasteiger partial charge >= 0.3 is 0 Å². The van der Waals surface area contributed by atoms with E-state index in [2.05, 4.69) is 25.8 Å². The fourth-order valence-corrected chi connectivity index (χ4v) is 2.92. The molecule has 0 spiro atoms. The van der Waals surface area contributed by atoms with Gasteiger partial charge in [0.25, 0.3) is 0 Å². The van der Waals surface area contributed by atoms with Crippen LogP contribution in [0.5, 0.6) is 0 Å². The summed E-state index contributed by atoms with van der Waals surface area (Å²) in [5.74, 6) is 2.41. The third-order valence-electron chi connectivity index (χ3n) is 4.07. The predicted molar refractivity (Wildman–Crippen MR) is 111 cm³/mol. The average molecular weight is 392 g/mol. The van der Waals surface area contributed by atoms with Gasteiger partial charge in [-0.2, -0.15) is 4.98 Å². The molecule has 2 aromatic carbocycles. The molecular formula is C21H18ClN5O. The maximum Gasteiger partial charge on any atom is 0.225 e. The highest BCUT2D eigenvalue weighted by molar-refractivity contribution is 6.31. The zero-order valence-corrected chi connectivity index (χ0v) is 15.9. The molecule has 28 heavy (non-hydrogen) atoms. The molecule has 0 aliphatic rings. The Balaban J connectivity index is 1.64. The smallest absolute Gasteiger partial charge is 0.225 e. The largest absolute Gasteiger partial charge is 0.360 e. The summed E-state index contributed by atoms with van der Waals surface area (Å²) < 4.78 is 5.11. The van der Waals surface area contributed by atoms with Gasteiger partial charge in [-0.1, -0.05) is 65.3 Å². The summed E-state index contributed by atoms with van der Waals surface area (Å²) >= 11 is 6.25. The first-order valence-corrected chi connectivity index (χ1v) is 9.17. The van der Waals surface area contributed by atoms with Crippen LogP contribution in [0.4, 0.5) is 17.6 Å². The van der Waals surface area contributed by atoms with Crippen molar-refractivity contribution in [2.75, 3.05) is 10.6 Å². The second kappa shape index (κ2) is 8.10. The first kappa shape index (κ1) is 18.0. The Morgan fingerprint density at radius 3 is 2.46 bits per heavy atom. The van der Waals surface area contributed by atoms with E-state index in [0.29, 0.717) is 29.2 Å². The van der Waals surface area contributed by atoms with Crippen LogP contribution in [0, 0.1) is 6.92 Å². The van der Waals surface area contributed by atoms with Crippen LogP contribution in [0.25, 0.3) is 11.3 Å². The van der Waals surface area contributed by atoms with E-state index in [9.17, 15) is 0 Å². The molecule has 0 saturated heterocycles. The fraction of sp³-hybridized carbons (Fsp3) is 0.0952. The highest BCUT2D eigenvalue weighted by Crippen LogP contribution is 2.24. The Bertz CT molecular complexity index is 1080. The minimum absolute atomic E-state index is 0.490. The van der Waals surface area contributed by atoms with Gasteiger partial charge in [0.05, 0.1) is 5.69 Å². The van der Waals surface area contributed by atoms with Gasteiger partial charge in [0, 0.05) is 29.3 Å². The Kier molecular flexibility index (Phi) is 5.21. The minimum atomic E-state index is 0.490. The number of hydrogen-bond donors (Lipinski definition) is 2. The van der Waals surface area contributed by atoms with E-state index in [4.69, 9.17) is 16.1 Å². The van der Waals surface area contributed by atoms with Crippen LogP contribution in [0.15, 0.2) is 71.3 Å². The zero-order chi connectivity index (χ0) is 19.3. The highest BCUT2D eigenvalue weighted by Gasteiger charge is 2.09. The van der Waals surface area contributed by atoms with E-state index in [0.717, 1.165) is 22.6 Å². The number of aromatic nitrogens is 3. The lowest BCUT2D eigenvalue weighted by Gasteiger charge is -2.11. The lowest BCUT2D eigenvalue weighted by molar-refractivity contribution is 0.400. The van der Waals surface area contributed by atoms with E-state index in [1.54, 1.807) is 6.07 Å². The molecule has 7 heteroatoms. The second-order valence-electron chi connectivity index (χ2n) is 6.22. The van der Waals surface area contributed by atoms with Crippen molar-refractivity contribution in [2.24, 2.45) is 0 Å². The minimum Gasteiger partial charge on any atom is -0.360 e. The standard InChI is InChI=1S/C21H18ClN5O/c1-14-11-20(27-28-14)25-19-12-18(15-7-3-2-4-8-15)24-21(26-19)23-13-16-9-5-6-10-17(16)22/h2-12H,13H2,1H3,(H2,23,24,25,26,27). The van der Waals surface area contributed by atoms with Gasteiger partial charge in [-0.3, -0.25) is 0 Å². The van der Waals surface area contributed by atoms with Crippen molar-refractivity contribution in [1.29, 1.82) is 0 Å². The summed E-state index contributed by atoms with van der Waals surface area (Å²) in [6.07, 6.45) is 0. The van der Waals surface area contributed by atoms with Gasteiger partial charge in [-0.05, 0) is 18.6 Å². The van der Waals surface area contributed by atoms with Crippen molar-refractivity contribution < 1.29 is 4.52 Å². The Labute approximate surface area is 167 Å². The molecule has 0 radical (unpaired) electrons. The van der Waals surface area contributed by atoms with Crippen LogP contribution in [-0.4, -0.2) is 15.1 Å². The third kappa shape index (κ3) is 4.29. The van der Waals surface area contributed by atoms with Gasteiger partial charge in [0.2, 0.25) is 5.95 Å². The zero-order valence-electron chi connectivity index (χ0n) is 15.2. The van der Waals surface area contributed by atoms with Crippen LogP contribution in [-0.2, 0) is 6.54 Å². The molecule has 0 bridgehead atoms. The Morgan fingerprint density at radius 2 is 1.71 bits per heavy atom. The number of hydrogen-bond acceptors (Lipinski definition) is 6. The first-order valence-electron chi connectivity index (χ1n) is 8.79. The monoisotopic (exact) mass is 391 g/mol. The molecule has 0 aliphatic heterocycles. The molecule has 0 atom stereocenters. The summed E-state index contributed by atoms with van der Waals surface area (Å²) in [7, 11) is 0. The van der Waals surface area contributed by atoms with Crippen molar-refractivity contribution in [2.45, 2.75) is 13.5 Å². The molecule has 4 rings (SSSR count). The lowest BCUT2D eigenvalue weighted by Crippen LogP contribution is -2.06. The van der Waals surface area contributed by atoms with Crippen LogP contribution in [0.1, 0.15) is 11.3 Å². The van der Waals surface area contributed by atoms with E-state index >= 15 is 0 Å². The summed E-state index contributed by atoms with van der Waals surface area (Å²) in [6.45, 7) is 2.35. The van der Waals surface area contributed by atoms with Gasteiger partial charge in [-0.15, -0.1) is 0 Å². The number of benzene rings is 2. The molecule has 6 nitrogen and oxygen atoms in total. The van der Waals surface area contributed by atoms with Crippen molar-refractivity contribution in [1.82, 2.24) is 15.1 Å². The van der Waals surface area contributed by atoms with Crippen LogP contribution in [0.2, 0.25) is 5.02 Å². The van der Waals surface area contributed by atoms with Crippen molar-refractivity contribution >= 4 is 29.2 Å². The van der Waals surface area contributed by atoms with Crippen LogP contribution >= 0.6 is 11.6 Å². The molecule has 0 fully saturated rings. The lowest BCUT2D eigenvalue weighted by atomic mass is 10.1. The van der Waals surface area contributed by atoms with Gasteiger partial charge < -0.3 is 15.2 Å². The normalized spacial score (nSPS) is 10.6. The third-order valence-corrected chi connectivity index (χ3v) is 4.44. The van der Waals surface area contributed by atoms with E-state index in [-0.39, 0.29) is 0 Å². The van der Waals surface area contributed by atoms with E-state index in [1.165, 1.54) is 0 Å². The average Bonchev–Trinajstić information content (AvgIpc) is 3.12. The van der Waals surface area contributed by atoms with Gasteiger partial charge in [-0.25, -0.2) is 4.98 Å². The fourth-order valence-electron chi connectivity index (χ4n) is 2.72. The number of aryl methyl sites for hydroxylation is 1. The SMILES string of the molecule is Cc1cc(Nc2cc(-c3ccccc3)nc(NCc3ccccc3Cl)n2)no1. The van der Waals surface area contributed by atoms with Gasteiger partial charge in [0.15, 0.2) is 5.82 Å². The maximum atomic E-state index is 6.25. The summed E-state index contributed by atoms with van der Waals surface area (Å²) in [6, 6.07) is 21.3. The van der Waals surface area contributed by atoms with Crippen molar-refractivity contribution in [3.05, 3.63) is 83.1 Å². The number of nitrogens with one attached hydrogen (secondary N) is 2. The molecular weight excluding hydrogens is 374 g/mol. The van der Waals surface area contributed by atoms with E-state index in [1.807, 2.05) is 67.6 Å². The van der Waals surface area contributed by atoms with E-state index < -0.39 is 0 Å². The summed E-state index contributed by atoms with van der Waals surface area (Å²) in [5, 5.41) is 11.1. The van der Waals surface area contributed by atoms with Crippen LogP contribution < -0.4 is 10.6 Å². The molecule has 2 aromatic heterocycles. The van der Waals surface area contributed by atoms with Crippen LogP contribution in [0.3, 0.4) is 0 Å². The Hall–Kier alpha value is -3.38.